The summed E-state index contributed by atoms with van der Waals surface area (Å²) in [5.74, 6) is -2.97. The van der Waals surface area contributed by atoms with Crippen molar-refractivity contribution < 1.29 is 24.3 Å². The maximum atomic E-state index is 13.5. The van der Waals surface area contributed by atoms with Crippen LogP contribution >= 0.6 is 0 Å². The minimum absolute atomic E-state index is 0.150. The van der Waals surface area contributed by atoms with Crippen LogP contribution in [0.25, 0.3) is 10.9 Å². The van der Waals surface area contributed by atoms with E-state index < -0.39 is 35.9 Å². The van der Waals surface area contributed by atoms with Gasteiger partial charge in [0.15, 0.2) is 0 Å². The van der Waals surface area contributed by atoms with Gasteiger partial charge in [0.2, 0.25) is 17.7 Å². The first-order valence-electron chi connectivity index (χ1n) is 13.0. The lowest BCUT2D eigenvalue weighted by Gasteiger charge is -2.28. The average molecular weight is 514 g/mol. The smallest absolute Gasteiger partial charge is 0.326 e. The maximum Gasteiger partial charge on any atom is 0.326 e. The Labute approximate surface area is 217 Å². The number of hydrogen-bond acceptors (Lipinski definition) is 5. The molecule has 202 valence electrons. The molecule has 1 aliphatic rings. The quantitative estimate of drug-likeness (QED) is 0.254. The predicted molar refractivity (Wildman–Crippen MR) is 141 cm³/mol. The van der Waals surface area contributed by atoms with E-state index in [1.54, 1.807) is 20.0 Å². The second-order valence-corrected chi connectivity index (χ2v) is 10.2. The van der Waals surface area contributed by atoms with E-state index in [-0.39, 0.29) is 30.2 Å². The number of hydrogen-bond donors (Lipinski definition) is 6. The number of aromatic nitrogens is 1. The highest BCUT2D eigenvalue weighted by Gasteiger charge is 2.34. The number of aromatic amines is 1. The Morgan fingerprint density at radius 2 is 1.76 bits per heavy atom. The van der Waals surface area contributed by atoms with Crippen molar-refractivity contribution in [3.05, 3.63) is 36.0 Å². The molecule has 1 aromatic carbocycles. The normalized spacial score (nSPS) is 18.7. The van der Waals surface area contributed by atoms with Gasteiger partial charge in [-0.15, -0.1) is 0 Å². The number of nitrogens with one attached hydrogen (secondary N) is 5. The largest absolute Gasteiger partial charge is 0.480 e. The number of carbonyl (C=O) groups excluding carboxylic acids is 3. The van der Waals surface area contributed by atoms with E-state index in [1.807, 2.05) is 38.1 Å². The van der Waals surface area contributed by atoms with E-state index in [0.717, 1.165) is 29.4 Å². The third-order valence-corrected chi connectivity index (χ3v) is 7.13. The van der Waals surface area contributed by atoms with Crippen molar-refractivity contribution in [3.63, 3.8) is 0 Å². The summed E-state index contributed by atoms with van der Waals surface area (Å²) in [5, 5.41) is 21.9. The number of rotatable bonds is 12. The van der Waals surface area contributed by atoms with Gasteiger partial charge in [0.1, 0.15) is 18.1 Å². The van der Waals surface area contributed by atoms with Gasteiger partial charge >= 0.3 is 5.97 Å². The molecule has 10 heteroatoms. The van der Waals surface area contributed by atoms with Gasteiger partial charge in [-0.05, 0) is 42.9 Å². The lowest BCUT2D eigenvalue weighted by molar-refractivity contribution is -0.143. The fourth-order valence-corrected chi connectivity index (χ4v) is 4.62. The second kappa shape index (κ2) is 12.7. The molecule has 1 saturated heterocycles. The Hall–Kier alpha value is -3.40. The molecule has 0 saturated carbocycles. The van der Waals surface area contributed by atoms with Crippen molar-refractivity contribution in [2.45, 2.75) is 77.5 Å². The Kier molecular flexibility index (Phi) is 9.68. The van der Waals surface area contributed by atoms with E-state index >= 15 is 0 Å². The number of amides is 3. The molecule has 5 unspecified atom stereocenters. The first-order chi connectivity index (χ1) is 17.6. The molecule has 0 bridgehead atoms. The first-order valence-corrected chi connectivity index (χ1v) is 13.0. The van der Waals surface area contributed by atoms with Crippen molar-refractivity contribution in [1.82, 2.24) is 26.3 Å². The van der Waals surface area contributed by atoms with Gasteiger partial charge in [-0.1, -0.05) is 52.3 Å². The Morgan fingerprint density at radius 1 is 1.03 bits per heavy atom. The molecule has 2 heterocycles. The number of carboxylic acids is 1. The maximum absolute atomic E-state index is 13.5. The minimum atomic E-state index is -1.14. The lowest BCUT2D eigenvalue weighted by Crippen LogP contribution is -2.59. The van der Waals surface area contributed by atoms with Gasteiger partial charge in [0.25, 0.3) is 0 Å². The molecule has 10 nitrogen and oxygen atoms in total. The second-order valence-electron chi connectivity index (χ2n) is 10.2. The summed E-state index contributed by atoms with van der Waals surface area (Å²) in [6.45, 7) is 7.98. The van der Waals surface area contributed by atoms with E-state index in [0.29, 0.717) is 12.8 Å². The molecule has 1 fully saturated rings. The van der Waals surface area contributed by atoms with Crippen molar-refractivity contribution in [2.75, 3.05) is 6.54 Å². The number of para-hydroxylation sites is 1. The van der Waals surface area contributed by atoms with Crippen LogP contribution in [-0.2, 0) is 25.6 Å². The molecule has 1 aromatic heterocycles. The molecule has 0 aliphatic carbocycles. The molecule has 1 aliphatic heterocycles. The fraction of sp³-hybridized carbons (Fsp3) is 0.556. The zero-order valence-electron chi connectivity index (χ0n) is 22.0. The third kappa shape index (κ3) is 7.09. The van der Waals surface area contributed by atoms with Crippen LogP contribution in [0.5, 0.6) is 0 Å². The number of H-pyrrole nitrogens is 1. The van der Waals surface area contributed by atoms with Gasteiger partial charge in [-0.3, -0.25) is 14.4 Å². The van der Waals surface area contributed by atoms with Crippen molar-refractivity contribution >= 4 is 34.6 Å². The van der Waals surface area contributed by atoms with Crippen molar-refractivity contribution in [2.24, 2.45) is 11.8 Å². The standard InChI is InChI=1S/C27H39N5O5/c1-5-16(4)23(32-24(33)20-11-8-12-28-20)26(35)30-21(25(34)31-22(15(2)3)27(36)37)13-17-14-29-19-10-7-6-9-18(17)19/h6-7,9-10,14-16,20-23,28-29H,5,8,11-13H2,1-4H3,(H,30,35)(H,31,34)(H,32,33)(H,36,37). The van der Waals surface area contributed by atoms with Gasteiger partial charge in [-0.2, -0.15) is 0 Å². The molecule has 0 radical (unpaired) electrons. The summed E-state index contributed by atoms with van der Waals surface area (Å²) in [6.07, 6.45) is 4.18. The predicted octanol–water partition coefficient (Wildman–Crippen LogP) is 1.70. The molecule has 6 N–H and O–H groups in total. The molecule has 2 aromatic rings. The van der Waals surface area contributed by atoms with Crippen molar-refractivity contribution in [1.29, 1.82) is 0 Å². The number of carboxylic acid groups (broad SMARTS) is 1. The highest BCUT2D eigenvalue weighted by molar-refractivity contribution is 5.95. The number of benzene rings is 1. The van der Waals surface area contributed by atoms with E-state index in [9.17, 15) is 24.3 Å². The average Bonchev–Trinajstić information content (AvgIpc) is 3.55. The summed E-state index contributed by atoms with van der Waals surface area (Å²) in [7, 11) is 0. The van der Waals surface area contributed by atoms with Crippen LogP contribution in [0.2, 0.25) is 0 Å². The monoisotopic (exact) mass is 513 g/mol. The van der Waals surface area contributed by atoms with Crippen LogP contribution in [-0.4, -0.2) is 64.5 Å². The zero-order chi connectivity index (χ0) is 27.1. The van der Waals surface area contributed by atoms with Crippen molar-refractivity contribution in [3.8, 4) is 0 Å². The first kappa shape index (κ1) is 28.2. The van der Waals surface area contributed by atoms with Crippen LogP contribution in [0.3, 0.4) is 0 Å². The summed E-state index contributed by atoms with van der Waals surface area (Å²) in [5.41, 5.74) is 1.70. The van der Waals surface area contributed by atoms with E-state index in [1.165, 1.54) is 0 Å². The van der Waals surface area contributed by atoms with Gasteiger partial charge in [0.05, 0.1) is 6.04 Å². The van der Waals surface area contributed by atoms with Gasteiger partial charge < -0.3 is 31.4 Å². The number of fused-ring (bicyclic) bond motifs is 1. The molecular weight excluding hydrogens is 474 g/mol. The Balaban J connectivity index is 1.85. The molecule has 3 rings (SSSR count). The summed E-state index contributed by atoms with van der Waals surface area (Å²) >= 11 is 0. The lowest BCUT2D eigenvalue weighted by atomic mass is 9.96. The number of carbonyl (C=O) groups is 4. The zero-order valence-corrected chi connectivity index (χ0v) is 22.0. The van der Waals surface area contributed by atoms with Crippen LogP contribution in [0, 0.1) is 11.8 Å². The SMILES string of the molecule is CCC(C)C(NC(=O)C1CCCN1)C(=O)NC(Cc1c[nH]c2ccccc12)C(=O)NC(C(=O)O)C(C)C. The molecule has 0 spiro atoms. The molecule has 37 heavy (non-hydrogen) atoms. The fourth-order valence-electron chi connectivity index (χ4n) is 4.62. The summed E-state index contributed by atoms with van der Waals surface area (Å²) < 4.78 is 0. The third-order valence-electron chi connectivity index (χ3n) is 7.13. The van der Waals surface area contributed by atoms with Gasteiger partial charge in [-0.25, -0.2) is 4.79 Å². The Morgan fingerprint density at radius 3 is 2.38 bits per heavy atom. The van der Waals surface area contributed by atoms with E-state index in [2.05, 4.69) is 26.3 Å². The summed E-state index contributed by atoms with van der Waals surface area (Å²) in [4.78, 5) is 54.6. The van der Waals surface area contributed by atoms with Crippen LogP contribution in [0.4, 0.5) is 0 Å². The van der Waals surface area contributed by atoms with E-state index in [4.69, 9.17) is 0 Å². The Bertz CT molecular complexity index is 1110. The summed E-state index contributed by atoms with van der Waals surface area (Å²) in [6, 6.07) is 4.30. The highest BCUT2D eigenvalue weighted by atomic mass is 16.4. The number of aliphatic carboxylic acids is 1. The van der Waals surface area contributed by atoms with Crippen LogP contribution in [0.15, 0.2) is 30.5 Å². The molecule has 5 atom stereocenters. The van der Waals surface area contributed by atoms with Crippen LogP contribution < -0.4 is 21.3 Å². The van der Waals surface area contributed by atoms with Gasteiger partial charge in [0, 0.05) is 23.5 Å². The highest BCUT2D eigenvalue weighted by Crippen LogP contribution is 2.20. The molecule has 3 amide bonds. The topological polar surface area (TPSA) is 152 Å². The minimum Gasteiger partial charge on any atom is -0.480 e. The molecular formula is C27H39N5O5. The van der Waals surface area contributed by atoms with Crippen LogP contribution in [0.1, 0.15) is 52.5 Å².